The lowest BCUT2D eigenvalue weighted by atomic mass is 10.1. The van der Waals surface area contributed by atoms with Crippen LogP contribution in [-0.4, -0.2) is 42.2 Å². The van der Waals surface area contributed by atoms with Gasteiger partial charge in [-0.1, -0.05) is 0 Å². The number of halogens is 1. The molecule has 2 fully saturated rings. The number of hydrogen-bond donors (Lipinski definition) is 2. The average Bonchev–Trinajstić information content (AvgIpc) is 3.39. The molecule has 6 nitrogen and oxygen atoms in total. The number of benzene rings is 1. The summed E-state index contributed by atoms with van der Waals surface area (Å²) in [5, 5.41) is 6.42. The highest BCUT2D eigenvalue weighted by atomic mass is 19.1. The Bertz CT molecular complexity index is 959. The molecule has 27 heavy (non-hydrogen) atoms. The molecule has 1 aromatic heterocycles. The van der Waals surface area contributed by atoms with Gasteiger partial charge in [0.25, 0.3) is 5.91 Å². The van der Waals surface area contributed by atoms with E-state index < -0.39 is 11.2 Å². The summed E-state index contributed by atoms with van der Waals surface area (Å²) in [6.07, 6.45) is 3.43. The Morgan fingerprint density at radius 2 is 2.00 bits per heavy atom. The van der Waals surface area contributed by atoms with Crippen LogP contribution in [0.2, 0.25) is 0 Å². The van der Waals surface area contributed by atoms with Crippen molar-refractivity contribution < 1.29 is 9.18 Å². The van der Waals surface area contributed by atoms with Gasteiger partial charge in [-0.05, 0) is 38.8 Å². The zero-order valence-corrected chi connectivity index (χ0v) is 15.8. The Hall–Kier alpha value is -2.41. The monoisotopic (exact) mass is 372 g/mol. The van der Waals surface area contributed by atoms with Gasteiger partial charge in [0.05, 0.1) is 11.2 Å². The zero-order valence-electron chi connectivity index (χ0n) is 15.8. The van der Waals surface area contributed by atoms with Gasteiger partial charge in [0.2, 0.25) is 5.43 Å². The first kappa shape index (κ1) is 18.0. The molecule has 0 atom stereocenters. The molecule has 1 aromatic carbocycles. The third-order valence-corrected chi connectivity index (χ3v) is 5.61. The van der Waals surface area contributed by atoms with E-state index in [4.69, 9.17) is 0 Å². The quantitative estimate of drug-likeness (QED) is 0.860. The molecule has 2 N–H and O–H groups in total. The van der Waals surface area contributed by atoms with Crippen molar-refractivity contribution in [1.29, 1.82) is 0 Å². The number of rotatable bonds is 4. The molecule has 7 heteroatoms. The lowest BCUT2D eigenvalue weighted by molar-refractivity contribution is 0.0934. The van der Waals surface area contributed by atoms with Gasteiger partial charge >= 0.3 is 0 Å². The zero-order chi connectivity index (χ0) is 19.2. The Labute approximate surface area is 157 Å². The highest BCUT2D eigenvalue weighted by molar-refractivity contribution is 5.98. The molecule has 144 valence electrons. The van der Waals surface area contributed by atoms with Crippen LogP contribution in [0.4, 0.5) is 10.1 Å². The molecule has 0 bridgehead atoms. The molecule has 2 heterocycles. The van der Waals surface area contributed by atoms with Crippen LogP contribution in [0.3, 0.4) is 0 Å². The van der Waals surface area contributed by atoms with Gasteiger partial charge in [0.1, 0.15) is 11.4 Å². The molecule has 0 spiro atoms. The Kier molecular flexibility index (Phi) is 4.42. The summed E-state index contributed by atoms with van der Waals surface area (Å²) < 4.78 is 16.7. The van der Waals surface area contributed by atoms with E-state index in [1.165, 1.54) is 6.07 Å². The lowest BCUT2D eigenvalue weighted by Gasteiger charge is -2.30. The largest absolute Gasteiger partial charge is 0.367 e. The van der Waals surface area contributed by atoms with Crippen molar-refractivity contribution in [3.63, 3.8) is 0 Å². The van der Waals surface area contributed by atoms with E-state index in [0.717, 1.165) is 39.0 Å². The normalized spacial score (nSPS) is 18.6. The maximum atomic E-state index is 14.8. The number of fused-ring (bicyclic) bond motifs is 1. The number of aromatic nitrogens is 1. The molecular formula is C20H25FN4O2. The summed E-state index contributed by atoms with van der Waals surface area (Å²) in [5.41, 5.74) is 0.612. The summed E-state index contributed by atoms with van der Waals surface area (Å²) in [5.74, 6) is -0.799. The van der Waals surface area contributed by atoms with Crippen LogP contribution in [0, 0.1) is 5.82 Å². The molecule has 1 aliphatic carbocycles. The number of hydrogen-bond acceptors (Lipinski definition) is 4. The van der Waals surface area contributed by atoms with Crippen molar-refractivity contribution >= 4 is 22.5 Å². The topological polar surface area (TPSA) is 66.4 Å². The molecule has 1 amide bonds. The number of aryl methyl sites for hydroxylation is 1. The average molecular weight is 372 g/mol. The van der Waals surface area contributed by atoms with Crippen LogP contribution in [0.25, 0.3) is 10.9 Å². The molecule has 2 aromatic rings. The molecule has 2 aliphatic rings. The minimum atomic E-state index is -0.420. The number of carbonyl (C=O) groups is 1. The summed E-state index contributed by atoms with van der Waals surface area (Å²) in [6, 6.07) is 3.03. The van der Waals surface area contributed by atoms with Crippen molar-refractivity contribution in [2.75, 3.05) is 31.1 Å². The highest BCUT2D eigenvalue weighted by Crippen LogP contribution is 2.34. The second-order valence-electron chi connectivity index (χ2n) is 7.73. The highest BCUT2D eigenvalue weighted by Gasteiger charge is 2.39. The van der Waals surface area contributed by atoms with Crippen molar-refractivity contribution in [3.05, 3.63) is 39.9 Å². The number of pyridine rings is 1. The lowest BCUT2D eigenvalue weighted by Crippen LogP contribution is -2.44. The van der Waals surface area contributed by atoms with E-state index in [1.807, 2.05) is 23.3 Å². The van der Waals surface area contributed by atoms with E-state index in [-0.39, 0.29) is 22.4 Å². The number of anilines is 1. The van der Waals surface area contributed by atoms with Gasteiger partial charge < -0.3 is 20.1 Å². The third kappa shape index (κ3) is 3.32. The van der Waals surface area contributed by atoms with Crippen molar-refractivity contribution in [2.24, 2.45) is 0 Å². The summed E-state index contributed by atoms with van der Waals surface area (Å²) >= 11 is 0. The molecule has 4 rings (SSSR count). The Morgan fingerprint density at radius 1 is 1.30 bits per heavy atom. The fraction of sp³-hybridized carbons (Fsp3) is 0.500. The number of amides is 1. The molecule has 0 radical (unpaired) electrons. The predicted octanol–water partition coefficient (Wildman–Crippen LogP) is 1.85. The van der Waals surface area contributed by atoms with Crippen LogP contribution in [0.5, 0.6) is 0 Å². The van der Waals surface area contributed by atoms with E-state index in [1.54, 1.807) is 12.3 Å². The fourth-order valence-corrected chi connectivity index (χ4v) is 3.62. The molecule has 1 saturated carbocycles. The van der Waals surface area contributed by atoms with E-state index in [0.29, 0.717) is 17.7 Å². The molecule has 1 aliphatic heterocycles. The Morgan fingerprint density at radius 3 is 2.63 bits per heavy atom. The Balaban J connectivity index is 1.81. The first-order chi connectivity index (χ1) is 12.9. The van der Waals surface area contributed by atoms with Crippen LogP contribution < -0.4 is 21.0 Å². The summed E-state index contributed by atoms with van der Waals surface area (Å²) in [7, 11) is 0. The minimum Gasteiger partial charge on any atom is -0.367 e. The van der Waals surface area contributed by atoms with E-state index in [9.17, 15) is 14.0 Å². The van der Waals surface area contributed by atoms with Gasteiger partial charge in [0.15, 0.2) is 0 Å². The molecular weight excluding hydrogens is 347 g/mol. The molecule has 0 unspecified atom stereocenters. The summed E-state index contributed by atoms with van der Waals surface area (Å²) in [6.45, 7) is 7.54. The van der Waals surface area contributed by atoms with E-state index >= 15 is 0 Å². The van der Waals surface area contributed by atoms with Gasteiger partial charge in [-0.15, -0.1) is 0 Å². The standard InChI is InChI=1S/C20H25FN4O2/c1-3-24-12-14(19(27)23-20(2)4-5-20)18(26)13-10-15(21)17(11-16(13)24)25-8-6-22-7-9-25/h10-12,22H,3-9H2,1-2H3,(H,23,27). The van der Waals surface area contributed by atoms with Gasteiger partial charge in [-0.2, -0.15) is 0 Å². The fourth-order valence-electron chi connectivity index (χ4n) is 3.62. The van der Waals surface area contributed by atoms with Crippen LogP contribution in [-0.2, 0) is 6.54 Å². The maximum absolute atomic E-state index is 14.8. The first-order valence-corrected chi connectivity index (χ1v) is 9.57. The number of carbonyl (C=O) groups excluding carboxylic acids is 1. The number of piperazine rings is 1. The SMILES string of the molecule is CCn1cc(C(=O)NC2(C)CC2)c(=O)c2cc(F)c(N3CCNCC3)cc21. The number of nitrogens with zero attached hydrogens (tertiary/aromatic N) is 2. The van der Waals surface area contributed by atoms with Crippen molar-refractivity contribution in [3.8, 4) is 0 Å². The van der Waals surface area contributed by atoms with Gasteiger partial charge in [-0.3, -0.25) is 9.59 Å². The third-order valence-electron chi connectivity index (χ3n) is 5.61. The molecule has 1 saturated heterocycles. The van der Waals surface area contributed by atoms with Crippen molar-refractivity contribution in [1.82, 2.24) is 15.2 Å². The van der Waals surface area contributed by atoms with E-state index in [2.05, 4.69) is 10.6 Å². The van der Waals surface area contributed by atoms with Crippen molar-refractivity contribution in [2.45, 2.75) is 38.8 Å². The predicted molar refractivity (Wildman–Crippen MR) is 104 cm³/mol. The van der Waals surface area contributed by atoms with Crippen LogP contribution >= 0.6 is 0 Å². The van der Waals surface area contributed by atoms with Crippen LogP contribution in [0.1, 0.15) is 37.0 Å². The van der Waals surface area contributed by atoms with Gasteiger partial charge in [-0.25, -0.2) is 4.39 Å². The smallest absolute Gasteiger partial charge is 0.257 e. The van der Waals surface area contributed by atoms with Crippen LogP contribution in [0.15, 0.2) is 23.1 Å². The number of nitrogens with one attached hydrogen (secondary N) is 2. The minimum absolute atomic E-state index is 0.0757. The summed E-state index contributed by atoms with van der Waals surface area (Å²) in [4.78, 5) is 27.5. The van der Waals surface area contributed by atoms with Gasteiger partial charge in [0, 0.05) is 49.8 Å². The second-order valence-corrected chi connectivity index (χ2v) is 7.73. The first-order valence-electron chi connectivity index (χ1n) is 9.57. The second kappa shape index (κ2) is 6.64. The maximum Gasteiger partial charge on any atom is 0.257 e.